The van der Waals surface area contributed by atoms with E-state index in [0.717, 1.165) is 32.1 Å². The lowest BCUT2D eigenvalue weighted by atomic mass is 9.83. The van der Waals surface area contributed by atoms with Crippen LogP contribution in [0, 0.1) is 29.6 Å². The Bertz CT molecular complexity index is 1860. The number of methoxy groups -OCH3 is 1. The Morgan fingerprint density at radius 3 is 2.11 bits per heavy atom. The first kappa shape index (κ1) is 67.1. The van der Waals surface area contributed by atoms with Gasteiger partial charge in [-0.1, -0.05) is 83.2 Å². The van der Waals surface area contributed by atoms with Crippen LogP contribution >= 0.6 is 0 Å². The third kappa shape index (κ3) is 25.3. The molecule has 0 saturated carbocycles. The van der Waals surface area contributed by atoms with Crippen LogP contribution in [-0.2, 0) is 33.3 Å². The highest BCUT2D eigenvalue weighted by Crippen LogP contribution is 2.38. The Morgan fingerprint density at radius 2 is 1.45 bits per heavy atom. The van der Waals surface area contributed by atoms with Gasteiger partial charge in [0.05, 0.1) is 54.9 Å². The topological polar surface area (TPSA) is 346 Å². The highest BCUT2D eigenvalue weighted by molar-refractivity contribution is 5.90. The lowest BCUT2D eigenvalue weighted by Crippen LogP contribution is -2.61. The van der Waals surface area contributed by atoms with E-state index in [2.05, 4.69) is 11.4 Å². The van der Waals surface area contributed by atoms with Crippen molar-refractivity contribution in [2.75, 3.05) is 13.7 Å². The quantitative estimate of drug-likeness (QED) is 0.0540. The number of carbonyl (C=O) groups is 4. The van der Waals surface area contributed by atoms with Crippen molar-refractivity contribution in [2.45, 2.75) is 217 Å². The first-order valence-electron chi connectivity index (χ1n) is 26.6. The van der Waals surface area contributed by atoms with Crippen molar-refractivity contribution in [3.8, 4) is 0 Å². The second kappa shape index (κ2) is 34.7. The Kier molecular flexibility index (Phi) is 31.0. The summed E-state index contributed by atoms with van der Waals surface area (Å²) >= 11 is 0. The monoisotopic (exact) mass is 1070 g/mol. The van der Waals surface area contributed by atoms with E-state index in [9.17, 15) is 70.2 Å². The number of carboxylic acids is 1. The normalized spacial score (nSPS) is 35.6. The number of esters is 2. The van der Waals surface area contributed by atoms with Crippen LogP contribution in [0.15, 0.2) is 60.3 Å². The predicted octanol–water partition coefficient (Wildman–Crippen LogP) is 3.77. The molecule has 18 atom stereocenters. The molecule has 1 saturated heterocycles. The number of nitrogens with one attached hydrogen (secondary N) is 1. The number of unbranched alkanes of at least 4 members (excludes halogenated alkanes) is 2. The highest BCUT2D eigenvalue weighted by Gasteiger charge is 2.51. The molecule has 20 nitrogen and oxygen atoms in total. The summed E-state index contributed by atoms with van der Waals surface area (Å²) < 4.78 is 23.4. The minimum atomic E-state index is -1.98. The lowest BCUT2D eigenvalue weighted by molar-refractivity contribution is -0.343. The summed E-state index contributed by atoms with van der Waals surface area (Å²) in [5.41, 5.74) is 5.60. The number of primary amides is 1. The summed E-state index contributed by atoms with van der Waals surface area (Å²) in [6.45, 7) is 11.2. The molecule has 2 heterocycles. The number of hydrogen-bond donors (Lipinski definition) is 12. The Labute approximate surface area is 443 Å². The average Bonchev–Trinajstić information content (AvgIpc) is 3.33. The second-order valence-electron chi connectivity index (χ2n) is 21.0. The molecule has 18 unspecified atom stereocenters. The predicted molar refractivity (Wildman–Crippen MR) is 279 cm³/mol. The second-order valence-corrected chi connectivity index (χ2v) is 21.0. The third-order valence-corrected chi connectivity index (χ3v) is 14.5. The number of nitrogens with two attached hydrogens (primary N) is 1. The third-order valence-electron chi connectivity index (χ3n) is 14.5. The van der Waals surface area contributed by atoms with Crippen molar-refractivity contribution >= 4 is 23.9 Å². The van der Waals surface area contributed by atoms with Crippen molar-refractivity contribution in [1.82, 2.24) is 5.32 Å². The smallest absolute Gasteiger partial charge is 0.331 e. The van der Waals surface area contributed by atoms with Crippen molar-refractivity contribution in [1.29, 1.82) is 0 Å². The first-order chi connectivity index (χ1) is 35.3. The van der Waals surface area contributed by atoms with Gasteiger partial charge in [-0.15, -0.1) is 0 Å². The number of urea groups is 1. The average molecular weight is 1070 g/mol. The molecule has 0 aromatic heterocycles. The molecule has 430 valence electrons. The van der Waals surface area contributed by atoms with E-state index in [-0.39, 0.29) is 69.6 Å². The zero-order valence-corrected chi connectivity index (χ0v) is 45.1. The van der Waals surface area contributed by atoms with Crippen molar-refractivity contribution in [3.05, 3.63) is 60.3 Å². The van der Waals surface area contributed by atoms with Crippen molar-refractivity contribution in [3.63, 3.8) is 0 Å². The van der Waals surface area contributed by atoms with Gasteiger partial charge in [0.1, 0.15) is 24.7 Å². The van der Waals surface area contributed by atoms with Gasteiger partial charge in [-0.25, -0.2) is 9.59 Å². The zero-order chi connectivity index (χ0) is 56.4. The summed E-state index contributed by atoms with van der Waals surface area (Å²) in [6, 6.07) is -0.561. The fraction of sp³-hybridized carbons (Fsp3) is 0.745. The molecular weight excluding hydrogens is 977 g/mol. The molecule has 2 aliphatic rings. The zero-order valence-electron chi connectivity index (χ0n) is 45.1. The molecule has 2 rings (SSSR count). The van der Waals surface area contributed by atoms with Crippen molar-refractivity contribution < 1.29 is 89.2 Å². The summed E-state index contributed by atoms with van der Waals surface area (Å²) in [7, 11) is 1.22. The molecule has 0 aromatic carbocycles. The molecule has 13 N–H and O–H groups in total. The van der Waals surface area contributed by atoms with Gasteiger partial charge in [-0.05, 0) is 75.7 Å². The maximum atomic E-state index is 13.3. The molecule has 0 radical (unpaired) electrons. The lowest BCUT2D eigenvalue weighted by Gasteiger charge is -2.47. The van der Waals surface area contributed by atoms with Crippen LogP contribution in [0.1, 0.15) is 138 Å². The minimum Gasteiger partial charge on any atom is -0.481 e. The van der Waals surface area contributed by atoms with E-state index in [1.54, 1.807) is 52.0 Å². The molecule has 0 aromatic rings. The minimum absolute atomic E-state index is 0.0633. The molecule has 75 heavy (non-hydrogen) atoms. The Hall–Kier alpha value is -4.06. The van der Waals surface area contributed by atoms with E-state index >= 15 is 0 Å². The van der Waals surface area contributed by atoms with Crippen LogP contribution < -0.4 is 11.1 Å². The standard InChI is InChI=1S/C55H92N2O18/c1-33-17-13-14-21-50(68)74-52(36(4)18-12-10-8-9-11-15-24-57-54(56)71)37(5)20-16-19-34(2)44(61)27-40(59)25-39(58)26-41(73-51(69)31-49(66)67)28-42-29-47(64)53(70)55(72-7,75-42)32-48(65)35(3)22-23-43(60)38(6)46(63)30-45(33)62/h8-9,13-14,16-17,19-21,33,35-48,52-53,58-65,70H,10-12,15,18,22-32H2,1-7H3,(H,66,67)(H3,56,57,71). The highest BCUT2D eigenvalue weighted by atomic mass is 16.7. The molecular formula is C55H92N2O18. The van der Waals surface area contributed by atoms with Gasteiger partial charge < -0.3 is 81.1 Å². The van der Waals surface area contributed by atoms with Gasteiger partial charge in [0.15, 0.2) is 5.79 Å². The summed E-state index contributed by atoms with van der Waals surface area (Å²) in [4.78, 5) is 48.2. The number of carboxylic acid groups (broad SMARTS) is 1. The number of cyclic esters (lactones) is 1. The number of allylic oxidation sites excluding steroid dienone is 6. The summed E-state index contributed by atoms with van der Waals surface area (Å²) in [6.07, 6.45) is 3.02. The fourth-order valence-corrected chi connectivity index (χ4v) is 9.47. The SMILES string of the molecule is COC12CC(O)C(C)CCC(O)C(C)C(O)CC(O)C(C)C=CC=CC(=O)OC(C(C)CCCC=CCCCNC(N)=O)C(C)C=CC=C(C)C(O)CC(O)CC(O)CC(OC(=O)CC(=O)O)CC(CC(O)C1O)O2. The van der Waals surface area contributed by atoms with E-state index in [1.807, 2.05) is 26.0 Å². The number of aliphatic carboxylic acids is 1. The molecule has 0 aliphatic carbocycles. The number of aliphatic hydroxyl groups is 9. The van der Waals surface area contributed by atoms with Crippen molar-refractivity contribution in [2.24, 2.45) is 35.3 Å². The summed E-state index contributed by atoms with van der Waals surface area (Å²) in [5, 5.41) is 112. The van der Waals surface area contributed by atoms with Crippen LogP contribution in [0.3, 0.4) is 0 Å². The molecule has 2 aliphatic heterocycles. The fourth-order valence-electron chi connectivity index (χ4n) is 9.47. The Morgan fingerprint density at radius 1 is 0.800 bits per heavy atom. The van der Waals surface area contributed by atoms with E-state index < -0.39 is 127 Å². The van der Waals surface area contributed by atoms with E-state index in [4.69, 9.17) is 24.7 Å². The number of amides is 2. The number of fused-ring (bicyclic) bond motifs is 2. The van der Waals surface area contributed by atoms with Gasteiger partial charge in [-0.2, -0.15) is 0 Å². The van der Waals surface area contributed by atoms with Gasteiger partial charge in [0.2, 0.25) is 0 Å². The Balaban J connectivity index is 2.43. The number of aliphatic hydroxyl groups excluding tert-OH is 9. The van der Waals surface area contributed by atoms with Gasteiger partial charge >= 0.3 is 23.9 Å². The van der Waals surface area contributed by atoms with Gasteiger partial charge in [-0.3, -0.25) is 9.59 Å². The number of hydrogen-bond acceptors (Lipinski definition) is 17. The maximum absolute atomic E-state index is 13.3. The van der Waals surface area contributed by atoms with Crippen LogP contribution in [0.25, 0.3) is 0 Å². The largest absolute Gasteiger partial charge is 0.481 e. The van der Waals surface area contributed by atoms with Gasteiger partial charge in [0.25, 0.3) is 0 Å². The molecule has 20 heteroatoms. The van der Waals surface area contributed by atoms with E-state index in [0.29, 0.717) is 12.1 Å². The summed E-state index contributed by atoms with van der Waals surface area (Å²) in [5.74, 6) is -7.19. The number of carbonyl (C=O) groups excluding carboxylic acids is 3. The number of rotatable bonds is 13. The van der Waals surface area contributed by atoms with E-state index in [1.165, 1.54) is 19.3 Å². The molecule has 0 spiro atoms. The van der Waals surface area contributed by atoms with Crippen LogP contribution in [0.4, 0.5) is 4.79 Å². The van der Waals surface area contributed by atoms with Crippen LogP contribution in [0.2, 0.25) is 0 Å². The first-order valence-corrected chi connectivity index (χ1v) is 26.6. The molecule has 2 amide bonds. The molecule has 2 bridgehead atoms. The van der Waals surface area contributed by atoms with Gasteiger partial charge in [0, 0.05) is 76.0 Å². The molecule has 1 fully saturated rings. The number of ether oxygens (including phenoxy) is 4. The maximum Gasteiger partial charge on any atom is 0.331 e. The van der Waals surface area contributed by atoms with Crippen LogP contribution in [-0.4, -0.2) is 168 Å². The van der Waals surface area contributed by atoms with Crippen LogP contribution in [0.5, 0.6) is 0 Å².